The quantitative estimate of drug-likeness (QED) is 0.263. The first-order valence-corrected chi connectivity index (χ1v) is 13.2. The summed E-state index contributed by atoms with van der Waals surface area (Å²) in [6.07, 6.45) is -0.654. The fourth-order valence-electron chi connectivity index (χ4n) is 4.14. The topological polar surface area (TPSA) is 54.0 Å². The number of likely N-dealkylation sites (N-methyl/N-ethyl adjacent to an activating group) is 1. The molecular formula is C28H34Br2N2O3. The number of para-hydroxylation sites is 2. The summed E-state index contributed by atoms with van der Waals surface area (Å²) < 4.78 is 13.2. The van der Waals surface area contributed by atoms with Crippen molar-refractivity contribution in [2.45, 2.75) is 31.5 Å². The molecule has 0 heterocycles. The van der Waals surface area contributed by atoms with Crippen LogP contribution in [-0.4, -0.2) is 55.5 Å². The van der Waals surface area contributed by atoms with Crippen molar-refractivity contribution in [2.24, 2.45) is 0 Å². The molecule has 0 fully saturated rings. The number of ether oxygens (including phenoxy) is 2. The molecule has 0 radical (unpaired) electrons. The Morgan fingerprint density at radius 1 is 0.886 bits per heavy atom. The van der Waals surface area contributed by atoms with Crippen molar-refractivity contribution in [1.82, 2.24) is 10.2 Å². The maximum absolute atomic E-state index is 10.5. The molecule has 0 aromatic heterocycles. The largest absolute Gasteiger partial charge is 0.493 e. The van der Waals surface area contributed by atoms with Crippen LogP contribution in [0.1, 0.15) is 31.0 Å². The number of halogens is 2. The molecule has 3 aromatic rings. The second-order valence-corrected chi connectivity index (χ2v) is 11.1. The minimum Gasteiger partial charge on any atom is -0.493 e. The van der Waals surface area contributed by atoms with Crippen molar-refractivity contribution < 1.29 is 14.6 Å². The first-order chi connectivity index (χ1) is 16.7. The summed E-state index contributed by atoms with van der Waals surface area (Å²) in [7, 11) is 3.74. The molecule has 0 spiro atoms. The number of aliphatic hydroxyl groups excluding tert-OH is 1. The Hall–Kier alpha value is -1.90. The highest BCUT2D eigenvalue weighted by atomic mass is 79.9. The van der Waals surface area contributed by atoms with Gasteiger partial charge in [-0.2, -0.15) is 0 Å². The molecule has 0 aliphatic carbocycles. The van der Waals surface area contributed by atoms with E-state index in [1.165, 1.54) is 11.1 Å². The second-order valence-electron chi connectivity index (χ2n) is 9.30. The van der Waals surface area contributed by atoms with Crippen LogP contribution in [0.25, 0.3) is 0 Å². The summed E-state index contributed by atoms with van der Waals surface area (Å²) in [6.45, 7) is 5.66. The van der Waals surface area contributed by atoms with Gasteiger partial charge in [0.2, 0.25) is 0 Å². The number of β-amino-alcohol motifs (C(OH)–C–C–N with tert-alkyl or cyclic N) is 1. The predicted molar refractivity (Wildman–Crippen MR) is 149 cm³/mol. The van der Waals surface area contributed by atoms with Gasteiger partial charge in [-0.05, 0) is 68.4 Å². The minimum atomic E-state index is -0.654. The van der Waals surface area contributed by atoms with Crippen LogP contribution in [-0.2, 0) is 0 Å². The fourth-order valence-corrected chi connectivity index (χ4v) is 4.67. The zero-order valence-electron chi connectivity index (χ0n) is 20.7. The van der Waals surface area contributed by atoms with Gasteiger partial charge >= 0.3 is 0 Å². The molecule has 188 valence electrons. The normalized spacial score (nSPS) is 12.7. The molecule has 0 amide bonds. The van der Waals surface area contributed by atoms with Gasteiger partial charge in [-0.1, -0.05) is 68.3 Å². The zero-order valence-corrected chi connectivity index (χ0v) is 23.8. The zero-order chi connectivity index (χ0) is 25.4. The van der Waals surface area contributed by atoms with E-state index in [0.29, 0.717) is 18.0 Å². The van der Waals surface area contributed by atoms with Gasteiger partial charge in [0.25, 0.3) is 0 Å². The molecule has 0 aliphatic heterocycles. The monoisotopic (exact) mass is 604 g/mol. The van der Waals surface area contributed by atoms with Crippen LogP contribution < -0.4 is 14.8 Å². The summed E-state index contributed by atoms with van der Waals surface area (Å²) in [6, 6.07) is 24.5. The summed E-state index contributed by atoms with van der Waals surface area (Å²) in [5, 5.41) is 14.1. The summed E-state index contributed by atoms with van der Waals surface area (Å²) in [5.41, 5.74) is 2.20. The number of nitrogens with zero attached hydrogens (tertiary/aromatic N) is 1. The second kappa shape index (κ2) is 12.9. The lowest BCUT2D eigenvalue weighted by Crippen LogP contribution is -2.51. The lowest BCUT2D eigenvalue weighted by atomic mass is 9.95. The number of aliphatic hydroxyl groups is 1. The van der Waals surface area contributed by atoms with Gasteiger partial charge in [0.1, 0.15) is 12.7 Å². The highest BCUT2D eigenvalue weighted by Gasteiger charge is 2.27. The average molecular weight is 606 g/mol. The number of rotatable bonds is 12. The van der Waals surface area contributed by atoms with E-state index in [4.69, 9.17) is 9.47 Å². The Morgan fingerprint density at radius 3 is 1.91 bits per heavy atom. The maximum atomic E-state index is 10.5. The van der Waals surface area contributed by atoms with Gasteiger partial charge in [-0.3, -0.25) is 4.90 Å². The van der Waals surface area contributed by atoms with Crippen LogP contribution in [0.15, 0.2) is 81.7 Å². The van der Waals surface area contributed by atoms with Crippen LogP contribution in [0.5, 0.6) is 11.5 Å². The molecule has 3 rings (SSSR count). The van der Waals surface area contributed by atoms with E-state index in [1.54, 1.807) is 7.11 Å². The number of benzene rings is 3. The smallest absolute Gasteiger partial charge is 0.161 e. The van der Waals surface area contributed by atoms with Crippen LogP contribution >= 0.6 is 31.9 Å². The third kappa shape index (κ3) is 8.33. The maximum Gasteiger partial charge on any atom is 0.161 e. The first-order valence-electron chi connectivity index (χ1n) is 11.6. The summed E-state index contributed by atoms with van der Waals surface area (Å²) in [4.78, 5) is 2.34. The Kier molecular flexibility index (Phi) is 10.2. The van der Waals surface area contributed by atoms with E-state index < -0.39 is 6.10 Å². The Morgan fingerprint density at radius 2 is 1.40 bits per heavy atom. The SMILES string of the molecule is COc1ccccc1OCC(O)CNC(C)(C)CN(C)C(c1ccc(Br)cc1)c1ccc(Br)cc1. The van der Waals surface area contributed by atoms with Gasteiger partial charge in [0.15, 0.2) is 11.5 Å². The van der Waals surface area contributed by atoms with Crippen LogP contribution in [0.2, 0.25) is 0 Å². The van der Waals surface area contributed by atoms with E-state index in [2.05, 4.69) is 112 Å². The molecule has 1 atom stereocenters. The molecule has 7 heteroatoms. The minimum absolute atomic E-state index is 0.0936. The molecule has 5 nitrogen and oxygen atoms in total. The molecule has 35 heavy (non-hydrogen) atoms. The van der Waals surface area contributed by atoms with E-state index >= 15 is 0 Å². The predicted octanol–water partition coefficient (Wildman–Crippen LogP) is 6.05. The molecular weight excluding hydrogens is 572 g/mol. The standard InChI is InChI=1S/C28H34Br2N2O3/c1-28(2,31-17-24(33)18-35-26-8-6-5-7-25(26)34-4)19-32(3)27(20-9-13-22(29)14-10-20)21-11-15-23(30)16-12-21/h5-16,24,27,31,33H,17-19H2,1-4H3. The van der Waals surface area contributed by atoms with Crippen molar-refractivity contribution in [3.05, 3.63) is 92.9 Å². The van der Waals surface area contributed by atoms with Gasteiger partial charge in [-0.25, -0.2) is 0 Å². The van der Waals surface area contributed by atoms with Crippen molar-refractivity contribution in [3.63, 3.8) is 0 Å². The molecule has 2 N–H and O–H groups in total. The molecule has 0 saturated heterocycles. The van der Waals surface area contributed by atoms with E-state index in [1.807, 2.05) is 24.3 Å². The summed E-state index contributed by atoms with van der Waals surface area (Å²) in [5.74, 6) is 1.28. The molecule has 3 aromatic carbocycles. The van der Waals surface area contributed by atoms with Crippen LogP contribution in [0.3, 0.4) is 0 Å². The van der Waals surface area contributed by atoms with Crippen molar-refractivity contribution in [1.29, 1.82) is 0 Å². The molecule has 0 saturated carbocycles. The van der Waals surface area contributed by atoms with Gasteiger partial charge in [0, 0.05) is 27.6 Å². The molecule has 0 bridgehead atoms. The number of nitrogens with one attached hydrogen (secondary N) is 1. The van der Waals surface area contributed by atoms with E-state index in [9.17, 15) is 5.11 Å². The Labute approximate surface area is 225 Å². The van der Waals surface area contributed by atoms with Crippen LogP contribution in [0, 0.1) is 0 Å². The molecule has 0 aliphatic rings. The third-order valence-corrected chi connectivity index (χ3v) is 6.83. The summed E-state index contributed by atoms with van der Waals surface area (Å²) >= 11 is 7.09. The highest BCUT2D eigenvalue weighted by Crippen LogP contribution is 2.31. The fraction of sp³-hybridized carbons (Fsp3) is 0.357. The van der Waals surface area contributed by atoms with Crippen LogP contribution in [0.4, 0.5) is 0 Å². The average Bonchev–Trinajstić information content (AvgIpc) is 2.84. The number of hydrogen-bond donors (Lipinski definition) is 2. The third-order valence-electron chi connectivity index (χ3n) is 5.77. The lowest BCUT2D eigenvalue weighted by Gasteiger charge is -2.37. The number of hydrogen-bond acceptors (Lipinski definition) is 5. The van der Waals surface area contributed by atoms with E-state index in [0.717, 1.165) is 15.5 Å². The van der Waals surface area contributed by atoms with Gasteiger partial charge in [-0.15, -0.1) is 0 Å². The Balaban J connectivity index is 1.63. The van der Waals surface area contributed by atoms with Crippen molar-refractivity contribution in [2.75, 3.05) is 33.9 Å². The first kappa shape index (κ1) is 27.7. The van der Waals surface area contributed by atoms with Crippen molar-refractivity contribution >= 4 is 31.9 Å². The lowest BCUT2D eigenvalue weighted by molar-refractivity contribution is 0.0922. The number of methoxy groups -OCH3 is 1. The van der Waals surface area contributed by atoms with E-state index in [-0.39, 0.29) is 18.2 Å². The highest BCUT2D eigenvalue weighted by molar-refractivity contribution is 9.10. The van der Waals surface area contributed by atoms with Gasteiger partial charge in [0.05, 0.1) is 13.2 Å². The molecule has 1 unspecified atom stereocenters. The van der Waals surface area contributed by atoms with Gasteiger partial charge < -0.3 is 19.9 Å². The van der Waals surface area contributed by atoms with Crippen molar-refractivity contribution in [3.8, 4) is 11.5 Å². The Bertz CT molecular complexity index is 1010.